The van der Waals surface area contributed by atoms with E-state index in [9.17, 15) is 13.2 Å². The van der Waals surface area contributed by atoms with Gasteiger partial charge in [0.15, 0.2) is 0 Å². The Balaban J connectivity index is 1.50. The van der Waals surface area contributed by atoms with Crippen LogP contribution in [0.25, 0.3) is 10.9 Å². The van der Waals surface area contributed by atoms with Gasteiger partial charge in [0.05, 0.1) is 17.2 Å². The summed E-state index contributed by atoms with van der Waals surface area (Å²) in [7, 11) is 0. The smallest absolute Gasteiger partial charge is 0.417 e. The van der Waals surface area contributed by atoms with E-state index in [1.54, 1.807) is 6.07 Å². The molecule has 0 aliphatic rings. The Kier molecular flexibility index (Phi) is 8.27. The lowest BCUT2D eigenvalue weighted by atomic mass is 9.99. The van der Waals surface area contributed by atoms with Gasteiger partial charge in [0, 0.05) is 42.7 Å². The van der Waals surface area contributed by atoms with Crippen molar-refractivity contribution >= 4 is 22.5 Å². The van der Waals surface area contributed by atoms with E-state index < -0.39 is 11.7 Å². The number of fused-ring (bicyclic) bond motifs is 1. The molecule has 190 valence electrons. The molecule has 4 rings (SSSR count). The normalized spacial score (nSPS) is 13.8. The Morgan fingerprint density at radius 1 is 0.917 bits per heavy atom. The molecule has 36 heavy (non-hydrogen) atoms. The summed E-state index contributed by atoms with van der Waals surface area (Å²) >= 11 is 6.24. The van der Waals surface area contributed by atoms with Gasteiger partial charge in [-0.1, -0.05) is 74.0 Å². The van der Waals surface area contributed by atoms with Crippen molar-refractivity contribution in [1.82, 2.24) is 9.88 Å². The van der Waals surface area contributed by atoms with E-state index in [4.69, 9.17) is 16.3 Å². The van der Waals surface area contributed by atoms with Gasteiger partial charge in [-0.05, 0) is 41.3 Å². The van der Waals surface area contributed by atoms with Crippen LogP contribution in [-0.2, 0) is 12.7 Å². The molecule has 2 atom stereocenters. The van der Waals surface area contributed by atoms with Crippen LogP contribution in [0, 0.1) is 5.92 Å². The Labute approximate surface area is 214 Å². The maximum Gasteiger partial charge on any atom is 0.417 e. The van der Waals surface area contributed by atoms with E-state index in [-0.39, 0.29) is 16.9 Å². The molecule has 3 aromatic carbocycles. The second-order valence-corrected chi connectivity index (χ2v) is 9.77. The zero-order chi connectivity index (χ0) is 25.7. The number of hydrogen-bond donors (Lipinski definition) is 1. The minimum atomic E-state index is -4.49. The van der Waals surface area contributed by atoms with Gasteiger partial charge in [0.1, 0.15) is 5.75 Å². The van der Waals surface area contributed by atoms with E-state index in [1.807, 2.05) is 48.7 Å². The van der Waals surface area contributed by atoms with Crippen molar-refractivity contribution in [2.75, 3.05) is 19.7 Å². The lowest BCUT2D eigenvalue weighted by Crippen LogP contribution is -2.33. The third-order valence-corrected chi connectivity index (χ3v) is 6.77. The van der Waals surface area contributed by atoms with Gasteiger partial charge >= 0.3 is 6.18 Å². The molecule has 3 nitrogen and oxygen atoms in total. The molecule has 0 radical (unpaired) electrons. The van der Waals surface area contributed by atoms with E-state index >= 15 is 0 Å². The zero-order valence-corrected chi connectivity index (χ0v) is 21.1. The number of rotatable bonds is 10. The van der Waals surface area contributed by atoms with Gasteiger partial charge in [-0.3, -0.25) is 4.90 Å². The standard InChI is InChI=1S/C29H30ClF3N2O/c1-20(19-36-27-13-7-12-26-24(27)14-15-34-26)16-35(17-21(2)22-8-4-3-5-9-22)18-23-10-6-11-25(28(23)30)29(31,32)33/h3-15,20-21,34H,16-19H2,1-2H3/t20-,21?/m1/s1. The number of aromatic nitrogens is 1. The van der Waals surface area contributed by atoms with Gasteiger partial charge in [0.25, 0.3) is 0 Å². The van der Waals surface area contributed by atoms with E-state index in [0.717, 1.165) is 22.7 Å². The highest BCUT2D eigenvalue weighted by Crippen LogP contribution is 2.37. The number of nitrogens with zero attached hydrogens (tertiary/aromatic N) is 1. The highest BCUT2D eigenvalue weighted by Gasteiger charge is 2.34. The summed E-state index contributed by atoms with van der Waals surface area (Å²) in [5.74, 6) is 1.13. The summed E-state index contributed by atoms with van der Waals surface area (Å²) in [6.45, 7) is 6.34. The fourth-order valence-corrected chi connectivity index (χ4v) is 4.84. The van der Waals surface area contributed by atoms with Crippen LogP contribution in [0.1, 0.15) is 36.5 Å². The minimum absolute atomic E-state index is 0.131. The average Bonchev–Trinajstić information content (AvgIpc) is 3.33. The van der Waals surface area contributed by atoms with Crippen LogP contribution in [-0.4, -0.2) is 29.6 Å². The summed E-state index contributed by atoms with van der Waals surface area (Å²) in [6.07, 6.45) is -2.61. The molecule has 0 fully saturated rings. The van der Waals surface area contributed by atoms with Gasteiger partial charge in [0.2, 0.25) is 0 Å². The van der Waals surface area contributed by atoms with Crippen molar-refractivity contribution in [1.29, 1.82) is 0 Å². The van der Waals surface area contributed by atoms with Crippen LogP contribution in [0.4, 0.5) is 13.2 Å². The summed E-state index contributed by atoms with van der Waals surface area (Å²) in [6, 6.07) is 22.1. The Hall–Kier alpha value is -2.96. The zero-order valence-electron chi connectivity index (χ0n) is 20.4. The molecular formula is C29H30ClF3N2O. The Morgan fingerprint density at radius 2 is 1.67 bits per heavy atom. The molecule has 0 saturated carbocycles. The number of alkyl halides is 3. The van der Waals surface area contributed by atoms with Crippen molar-refractivity contribution in [2.45, 2.75) is 32.5 Å². The second-order valence-electron chi connectivity index (χ2n) is 9.39. The fourth-order valence-electron chi connectivity index (χ4n) is 4.55. The molecule has 1 N–H and O–H groups in total. The van der Waals surface area contributed by atoms with Crippen molar-refractivity contribution in [2.24, 2.45) is 5.92 Å². The SMILES string of the molecule is CC(CN(Cc1cccc(C(F)(F)F)c1Cl)C[C@@H](C)COc1cccc2[nH]ccc12)c1ccccc1. The number of aromatic amines is 1. The average molecular weight is 515 g/mol. The van der Waals surface area contributed by atoms with Crippen molar-refractivity contribution in [3.63, 3.8) is 0 Å². The first-order valence-electron chi connectivity index (χ1n) is 12.0. The lowest BCUT2D eigenvalue weighted by molar-refractivity contribution is -0.137. The molecule has 7 heteroatoms. The molecule has 0 spiro atoms. The summed E-state index contributed by atoms with van der Waals surface area (Å²) in [5, 5.41) is 0.792. The molecule has 0 bridgehead atoms. The van der Waals surface area contributed by atoms with Gasteiger partial charge in [-0.25, -0.2) is 0 Å². The van der Waals surface area contributed by atoms with Crippen LogP contribution in [0.5, 0.6) is 5.75 Å². The van der Waals surface area contributed by atoms with Crippen LogP contribution >= 0.6 is 11.6 Å². The number of benzene rings is 3. The monoisotopic (exact) mass is 514 g/mol. The first kappa shape index (κ1) is 26.1. The van der Waals surface area contributed by atoms with Crippen LogP contribution < -0.4 is 4.74 Å². The largest absolute Gasteiger partial charge is 0.493 e. The van der Waals surface area contributed by atoms with Crippen LogP contribution in [0.2, 0.25) is 5.02 Å². The third-order valence-electron chi connectivity index (χ3n) is 6.33. The maximum absolute atomic E-state index is 13.4. The lowest BCUT2D eigenvalue weighted by Gasteiger charge is -2.29. The van der Waals surface area contributed by atoms with Gasteiger partial charge in [-0.15, -0.1) is 0 Å². The molecule has 1 heterocycles. The van der Waals surface area contributed by atoms with E-state index in [0.29, 0.717) is 31.8 Å². The predicted molar refractivity (Wildman–Crippen MR) is 140 cm³/mol. The van der Waals surface area contributed by atoms with Gasteiger partial charge in [-0.2, -0.15) is 13.2 Å². The number of halogens is 4. The van der Waals surface area contributed by atoms with Crippen molar-refractivity contribution in [3.05, 3.63) is 101 Å². The highest BCUT2D eigenvalue weighted by atomic mass is 35.5. The first-order chi connectivity index (χ1) is 17.2. The Morgan fingerprint density at radius 3 is 2.42 bits per heavy atom. The van der Waals surface area contributed by atoms with Crippen molar-refractivity contribution < 1.29 is 17.9 Å². The molecule has 0 saturated heterocycles. The summed E-state index contributed by atoms with van der Waals surface area (Å²) in [5.41, 5.74) is 1.86. The first-order valence-corrected chi connectivity index (χ1v) is 12.4. The third kappa shape index (κ3) is 6.42. The molecular weight excluding hydrogens is 485 g/mol. The highest BCUT2D eigenvalue weighted by molar-refractivity contribution is 6.32. The second kappa shape index (κ2) is 11.4. The molecule has 0 aliphatic heterocycles. The summed E-state index contributed by atoms with van der Waals surface area (Å²) in [4.78, 5) is 5.35. The fraction of sp³-hybridized carbons (Fsp3) is 0.310. The Bertz CT molecular complexity index is 1270. The number of nitrogens with one attached hydrogen (secondary N) is 1. The van der Waals surface area contributed by atoms with E-state index in [2.05, 4.69) is 35.9 Å². The minimum Gasteiger partial charge on any atom is -0.493 e. The molecule has 0 amide bonds. The number of ether oxygens (including phenoxy) is 1. The molecule has 1 unspecified atom stereocenters. The number of hydrogen-bond acceptors (Lipinski definition) is 2. The quantitative estimate of drug-likeness (QED) is 0.231. The van der Waals surface area contributed by atoms with Crippen LogP contribution in [0.3, 0.4) is 0 Å². The number of H-pyrrole nitrogens is 1. The molecule has 4 aromatic rings. The van der Waals surface area contributed by atoms with E-state index in [1.165, 1.54) is 11.6 Å². The summed E-state index contributed by atoms with van der Waals surface area (Å²) < 4.78 is 46.5. The van der Waals surface area contributed by atoms with Gasteiger partial charge < -0.3 is 9.72 Å². The maximum atomic E-state index is 13.4. The molecule has 0 aliphatic carbocycles. The van der Waals surface area contributed by atoms with Crippen molar-refractivity contribution in [3.8, 4) is 5.75 Å². The van der Waals surface area contributed by atoms with Crippen LogP contribution in [0.15, 0.2) is 79.0 Å². The molecule has 1 aromatic heterocycles. The topological polar surface area (TPSA) is 28.3 Å². The predicted octanol–water partition coefficient (Wildman–Crippen LogP) is 8.16.